The summed E-state index contributed by atoms with van der Waals surface area (Å²) in [5.74, 6) is 0. The van der Waals surface area contributed by atoms with Gasteiger partial charge in [-0.05, 0) is 19.4 Å². The van der Waals surface area contributed by atoms with Gasteiger partial charge in [0, 0.05) is 12.1 Å². The highest BCUT2D eigenvalue weighted by Crippen LogP contribution is 2.17. The fourth-order valence-corrected chi connectivity index (χ4v) is 2.01. The maximum Gasteiger partial charge on any atom is 0.0984 e. The van der Waals surface area contributed by atoms with Crippen LogP contribution in [0.4, 0.5) is 0 Å². The normalized spacial score (nSPS) is 23.5. The van der Waals surface area contributed by atoms with Crippen molar-refractivity contribution in [2.24, 2.45) is 0 Å². The maximum absolute atomic E-state index is 5.74. The molecule has 1 aromatic rings. The minimum atomic E-state index is -0.00502. The highest BCUT2D eigenvalue weighted by Gasteiger charge is 2.32. The molecule has 94 valence electrons. The van der Waals surface area contributed by atoms with E-state index in [2.05, 4.69) is 31.3 Å². The van der Waals surface area contributed by atoms with Crippen molar-refractivity contribution in [1.29, 1.82) is 0 Å². The molecule has 0 spiro atoms. The third-order valence-corrected chi connectivity index (χ3v) is 3.19. The first kappa shape index (κ1) is 12.6. The molecule has 3 heteroatoms. The van der Waals surface area contributed by atoms with Gasteiger partial charge in [0.05, 0.1) is 25.9 Å². The molecule has 1 fully saturated rings. The van der Waals surface area contributed by atoms with Crippen molar-refractivity contribution in [2.45, 2.75) is 32.1 Å². The van der Waals surface area contributed by atoms with Crippen molar-refractivity contribution in [2.75, 3.05) is 19.8 Å². The molecule has 0 bridgehead atoms. The van der Waals surface area contributed by atoms with Crippen molar-refractivity contribution in [3.63, 3.8) is 0 Å². The molecule has 1 atom stereocenters. The van der Waals surface area contributed by atoms with Gasteiger partial charge in [-0.1, -0.05) is 30.3 Å². The van der Waals surface area contributed by atoms with Crippen molar-refractivity contribution >= 4 is 0 Å². The standard InChI is InChI=1S/C14H21NO2/c1-14(2)13(17-9-8-15-14)11-16-10-12-6-4-3-5-7-12/h3-7,13,15H,8-11H2,1-2H3. The minimum Gasteiger partial charge on any atom is -0.374 e. The summed E-state index contributed by atoms with van der Waals surface area (Å²) in [5, 5.41) is 3.45. The molecular weight excluding hydrogens is 214 g/mol. The first-order chi connectivity index (χ1) is 8.18. The lowest BCUT2D eigenvalue weighted by atomic mass is 9.96. The van der Waals surface area contributed by atoms with Crippen LogP contribution < -0.4 is 5.32 Å². The van der Waals surface area contributed by atoms with Crippen molar-refractivity contribution in [1.82, 2.24) is 5.32 Å². The molecule has 2 rings (SSSR count). The van der Waals surface area contributed by atoms with E-state index in [0.29, 0.717) is 13.2 Å². The minimum absolute atomic E-state index is 0.00502. The van der Waals surface area contributed by atoms with Crippen LogP contribution >= 0.6 is 0 Å². The van der Waals surface area contributed by atoms with Gasteiger partial charge in [0.25, 0.3) is 0 Å². The SMILES string of the molecule is CC1(C)NCCOC1COCc1ccccc1. The van der Waals surface area contributed by atoms with Crippen LogP contribution in [0.25, 0.3) is 0 Å². The van der Waals surface area contributed by atoms with Crippen LogP contribution in [0.1, 0.15) is 19.4 Å². The zero-order chi connectivity index (χ0) is 12.1. The largest absolute Gasteiger partial charge is 0.374 e. The van der Waals surface area contributed by atoms with Crippen LogP contribution in [0.2, 0.25) is 0 Å². The number of ether oxygens (including phenoxy) is 2. The van der Waals surface area contributed by atoms with Gasteiger partial charge in [0.2, 0.25) is 0 Å². The number of nitrogens with one attached hydrogen (secondary N) is 1. The average molecular weight is 235 g/mol. The summed E-state index contributed by atoms with van der Waals surface area (Å²) in [7, 11) is 0. The monoisotopic (exact) mass is 235 g/mol. The van der Waals surface area contributed by atoms with Crippen molar-refractivity contribution < 1.29 is 9.47 Å². The average Bonchev–Trinajstić information content (AvgIpc) is 2.32. The number of hydrogen-bond donors (Lipinski definition) is 1. The van der Waals surface area contributed by atoms with Crippen LogP contribution in [0.5, 0.6) is 0 Å². The van der Waals surface area contributed by atoms with E-state index in [4.69, 9.17) is 9.47 Å². The van der Waals surface area contributed by atoms with E-state index in [-0.39, 0.29) is 11.6 Å². The van der Waals surface area contributed by atoms with Gasteiger partial charge < -0.3 is 14.8 Å². The highest BCUT2D eigenvalue weighted by molar-refractivity contribution is 5.13. The molecule has 0 radical (unpaired) electrons. The smallest absolute Gasteiger partial charge is 0.0984 e. The quantitative estimate of drug-likeness (QED) is 0.865. The summed E-state index contributed by atoms with van der Waals surface area (Å²) in [6.07, 6.45) is 0.125. The zero-order valence-electron chi connectivity index (χ0n) is 10.6. The second-order valence-electron chi connectivity index (χ2n) is 5.01. The molecule has 17 heavy (non-hydrogen) atoms. The number of rotatable bonds is 4. The molecule has 1 N–H and O–H groups in total. The van der Waals surface area contributed by atoms with Gasteiger partial charge in [0.1, 0.15) is 0 Å². The second-order valence-corrected chi connectivity index (χ2v) is 5.01. The Bertz CT molecular complexity index is 337. The third kappa shape index (κ3) is 3.53. The molecule has 1 heterocycles. The molecule has 3 nitrogen and oxygen atoms in total. The van der Waals surface area contributed by atoms with E-state index in [1.54, 1.807) is 0 Å². The van der Waals surface area contributed by atoms with Gasteiger partial charge in [0.15, 0.2) is 0 Å². The molecule has 0 amide bonds. The molecule has 0 aliphatic carbocycles. The van der Waals surface area contributed by atoms with Crippen molar-refractivity contribution in [3.8, 4) is 0 Å². The van der Waals surface area contributed by atoms with Gasteiger partial charge in [-0.3, -0.25) is 0 Å². The molecule has 1 unspecified atom stereocenters. The zero-order valence-corrected chi connectivity index (χ0v) is 10.6. The Kier molecular flexibility index (Phi) is 4.15. The lowest BCUT2D eigenvalue weighted by molar-refractivity contribution is -0.0838. The van der Waals surface area contributed by atoms with Crippen LogP contribution in [-0.4, -0.2) is 31.4 Å². The van der Waals surface area contributed by atoms with Gasteiger partial charge in [-0.2, -0.15) is 0 Å². The molecule has 1 aromatic carbocycles. The summed E-state index contributed by atoms with van der Waals surface area (Å²) < 4.78 is 11.5. The molecule has 1 aliphatic rings. The van der Waals surface area contributed by atoms with Crippen LogP contribution in [0.3, 0.4) is 0 Å². The summed E-state index contributed by atoms with van der Waals surface area (Å²) in [4.78, 5) is 0. The fraction of sp³-hybridized carbons (Fsp3) is 0.571. The van der Waals surface area contributed by atoms with Gasteiger partial charge >= 0.3 is 0 Å². The van der Waals surface area contributed by atoms with E-state index >= 15 is 0 Å². The Labute approximate surface area is 103 Å². The first-order valence-electron chi connectivity index (χ1n) is 6.17. The van der Waals surface area contributed by atoms with Gasteiger partial charge in [-0.25, -0.2) is 0 Å². The third-order valence-electron chi connectivity index (χ3n) is 3.19. The molecule has 0 saturated carbocycles. The van der Waals surface area contributed by atoms with E-state index in [0.717, 1.165) is 13.2 Å². The topological polar surface area (TPSA) is 30.5 Å². The first-order valence-corrected chi connectivity index (χ1v) is 6.17. The fourth-order valence-electron chi connectivity index (χ4n) is 2.01. The molecular formula is C14H21NO2. The number of hydrogen-bond acceptors (Lipinski definition) is 3. The molecule has 0 aromatic heterocycles. The lowest BCUT2D eigenvalue weighted by Gasteiger charge is -2.39. The molecule has 1 aliphatic heterocycles. The Hall–Kier alpha value is -0.900. The molecule has 1 saturated heterocycles. The summed E-state index contributed by atoms with van der Waals surface area (Å²) in [5.41, 5.74) is 1.20. The van der Waals surface area contributed by atoms with Crippen molar-refractivity contribution in [3.05, 3.63) is 35.9 Å². The van der Waals surface area contributed by atoms with Gasteiger partial charge in [-0.15, -0.1) is 0 Å². The van der Waals surface area contributed by atoms with E-state index in [1.807, 2.05) is 18.2 Å². The summed E-state index contributed by atoms with van der Waals surface area (Å²) >= 11 is 0. The Balaban J connectivity index is 1.78. The number of morpholine rings is 1. The summed E-state index contributed by atoms with van der Waals surface area (Å²) in [6.45, 7) is 7.28. The van der Waals surface area contributed by atoms with E-state index < -0.39 is 0 Å². The van der Waals surface area contributed by atoms with E-state index in [1.165, 1.54) is 5.56 Å². The Morgan fingerprint density at radius 1 is 1.35 bits per heavy atom. The number of benzene rings is 1. The predicted molar refractivity (Wildman–Crippen MR) is 67.9 cm³/mol. The van der Waals surface area contributed by atoms with Crippen LogP contribution in [0, 0.1) is 0 Å². The Morgan fingerprint density at radius 3 is 2.82 bits per heavy atom. The predicted octanol–water partition coefficient (Wildman–Crippen LogP) is 1.97. The lowest BCUT2D eigenvalue weighted by Crippen LogP contribution is -2.57. The highest BCUT2D eigenvalue weighted by atomic mass is 16.5. The maximum atomic E-state index is 5.74. The second kappa shape index (κ2) is 5.63. The Morgan fingerprint density at radius 2 is 2.12 bits per heavy atom. The van der Waals surface area contributed by atoms with E-state index in [9.17, 15) is 0 Å². The van der Waals surface area contributed by atoms with Crippen LogP contribution in [-0.2, 0) is 16.1 Å². The summed E-state index contributed by atoms with van der Waals surface area (Å²) in [6, 6.07) is 10.2. The van der Waals surface area contributed by atoms with Crippen LogP contribution in [0.15, 0.2) is 30.3 Å².